The largest absolute Gasteiger partial charge is 0.392 e. The van der Waals surface area contributed by atoms with Gasteiger partial charge in [-0.05, 0) is 31.7 Å². The Hall–Kier alpha value is -0.320. The summed E-state index contributed by atoms with van der Waals surface area (Å²) in [5.74, 6) is -0.231. The van der Waals surface area contributed by atoms with Gasteiger partial charge in [0.15, 0.2) is 0 Å². The molecule has 8 nitrogen and oxygen atoms in total. The van der Waals surface area contributed by atoms with Crippen molar-refractivity contribution in [2.45, 2.75) is 74.3 Å². The van der Waals surface area contributed by atoms with Gasteiger partial charge in [0.1, 0.15) is 11.2 Å². The number of methoxy groups -OCH3 is 4. The number of fused-ring (bicyclic) bond motifs is 2. The van der Waals surface area contributed by atoms with Crippen molar-refractivity contribution < 1.29 is 34.3 Å². The van der Waals surface area contributed by atoms with Crippen LogP contribution in [0.5, 0.6) is 0 Å². The normalized spacial score (nSPS) is 60.9. The molecule has 11 unspecified atom stereocenters. The van der Waals surface area contributed by atoms with E-state index in [0.29, 0.717) is 19.4 Å². The number of likely N-dealkylation sites (tertiary alicyclic amines) is 1. The van der Waals surface area contributed by atoms with Crippen LogP contribution in [0.3, 0.4) is 0 Å². The number of hydrogen-bond acceptors (Lipinski definition) is 8. The lowest BCUT2D eigenvalue weighted by atomic mass is 9.42. The van der Waals surface area contributed by atoms with Crippen LogP contribution in [0.4, 0.5) is 0 Å². The van der Waals surface area contributed by atoms with Crippen molar-refractivity contribution in [3.8, 4) is 0 Å². The van der Waals surface area contributed by atoms with E-state index in [4.69, 9.17) is 18.9 Å². The van der Waals surface area contributed by atoms with Crippen LogP contribution in [0, 0.1) is 34.5 Å². The lowest BCUT2D eigenvalue weighted by Crippen LogP contribution is -2.82. The fourth-order valence-electron chi connectivity index (χ4n) is 11.0. The van der Waals surface area contributed by atoms with Crippen LogP contribution in [-0.2, 0) is 18.9 Å². The summed E-state index contributed by atoms with van der Waals surface area (Å²) in [5, 5.41) is 37.6. The van der Waals surface area contributed by atoms with Gasteiger partial charge >= 0.3 is 0 Å². The van der Waals surface area contributed by atoms with Crippen molar-refractivity contribution in [2.24, 2.45) is 34.5 Å². The maximum atomic E-state index is 12.9. The van der Waals surface area contributed by atoms with Gasteiger partial charge in [0.2, 0.25) is 0 Å². The van der Waals surface area contributed by atoms with Crippen LogP contribution in [0.15, 0.2) is 0 Å². The first-order valence-electron chi connectivity index (χ1n) is 12.7. The van der Waals surface area contributed by atoms with Crippen molar-refractivity contribution in [3.05, 3.63) is 0 Å². The first kappa shape index (κ1) is 23.1. The topological polar surface area (TPSA) is 101 Å². The Morgan fingerprint density at radius 2 is 1.82 bits per heavy atom. The van der Waals surface area contributed by atoms with Crippen molar-refractivity contribution in [1.29, 1.82) is 0 Å². The first-order valence-corrected chi connectivity index (χ1v) is 12.7. The quantitative estimate of drug-likeness (QED) is 0.512. The number of aliphatic hydroxyl groups is 3. The van der Waals surface area contributed by atoms with E-state index in [-0.39, 0.29) is 47.3 Å². The van der Waals surface area contributed by atoms with Crippen LogP contribution >= 0.6 is 0 Å². The lowest BCUT2D eigenvalue weighted by molar-refractivity contribution is -0.318. The number of hydrogen-bond donors (Lipinski definition) is 3. The van der Waals surface area contributed by atoms with Gasteiger partial charge in [-0.3, -0.25) is 4.90 Å². The third kappa shape index (κ3) is 2.20. The molecule has 5 aliphatic carbocycles. The zero-order valence-corrected chi connectivity index (χ0v) is 20.6. The molecule has 33 heavy (non-hydrogen) atoms. The third-order valence-corrected chi connectivity index (χ3v) is 11.5. The highest BCUT2D eigenvalue weighted by molar-refractivity contribution is 5.41. The fourth-order valence-corrected chi connectivity index (χ4v) is 11.0. The van der Waals surface area contributed by atoms with Gasteiger partial charge in [-0.15, -0.1) is 0 Å². The van der Waals surface area contributed by atoms with Crippen molar-refractivity contribution in [2.75, 3.05) is 48.1 Å². The van der Waals surface area contributed by atoms with Crippen molar-refractivity contribution >= 4 is 0 Å². The minimum atomic E-state index is -1.55. The molecule has 13 atom stereocenters. The van der Waals surface area contributed by atoms with E-state index in [1.807, 2.05) is 0 Å². The van der Waals surface area contributed by atoms with Crippen LogP contribution in [0.2, 0.25) is 0 Å². The molecule has 8 heteroatoms. The highest BCUT2D eigenvalue weighted by Crippen LogP contribution is 2.80. The molecule has 0 aromatic heterocycles. The molecule has 0 amide bonds. The second-order valence-electron chi connectivity index (χ2n) is 11.9. The molecular formula is C25H41NO7. The van der Waals surface area contributed by atoms with Crippen molar-refractivity contribution in [3.63, 3.8) is 0 Å². The number of nitrogens with zero attached hydrogens (tertiary/aromatic N) is 1. The van der Waals surface area contributed by atoms with E-state index in [2.05, 4.69) is 11.8 Å². The number of rotatable bonds is 6. The Bertz CT molecular complexity index is 814. The van der Waals surface area contributed by atoms with E-state index >= 15 is 0 Å². The van der Waals surface area contributed by atoms with Gasteiger partial charge in [0, 0.05) is 70.0 Å². The SMILES string of the molecule is CCN1CC2(COC)CCC(O)C34C5CC6C(OC)C5C(O)(C[C@@H]6OC)C(O)(C13)[C@@H](OC)C24. The molecule has 1 aliphatic heterocycles. The smallest absolute Gasteiger partial charge is 0.136 e. The van der Waals surface area contributed by atoms with E-state index in [1.165, 1.54) is 0 Å². The molecule has 6 aliphatic rings. The molecule has 5 saturated carbocycles. The summed E-state index contributed by atoms with van der Waals surface area (Å²) >= 11 is 0. The molecule has 0 aromatic rings. The summed E-state index contributed by atoms with van der Waals surface area (Å²) in [7, 11) is 6.79. The molecule has 7 bridgehead atoms. The summed E-state index contributed by atoms with van der Waals surface area (Å²) in [4.78, 5) is 2.33. The first-order chi connectivity index (χ1) is 15.8. The monoisotopic (exact) mass is 467 g/mol. The molecule has 6 fully saturated rings. The predicted molar refractivity (Wildman–Crippen MR) is 119 cm³/mol. The molecular weight excluding hydrogens is 426 g/mol. The van der Waals surface area contributed by atoms with Gasteiger partial charge in [-0.1, -0.05) is 6.92 Å². The van der Waals surface area contributed by atoms with E-state index in [1.54, 1.807) is 28.4 Å². The number of ether oxygens (including phenoxy) is 4. The Balaban J connectivity index is 1.67. The maximum absolute atomic E-state index is 12.9. The van der Waals surface area contributed by atoms with E-state index in [9.17, 15) is 15.3 Å². The van der Waals surface area contributed by atoms with Crippen LogP contribution < -0.4 is 0 Å². The summed E-state index contributed by atoms with van der Waals surface area (Å²) < 4.78 is 24.0. The maximum Gasteiger partial charge on any atom is 0.136 e. The minimum Gasteiger partial charge on any atom is -0.392 e. The second kappa shape index (κ2) is 7.13. The van der Waals surface area contributed by atoms with Gasteiger partial charge in [0.25, 0.3) is 0 Å². The molecule has 188 valence electrons. The highest BCUT2D eigenvalue weighted by Gasteiger charge is 2.91. The molecule has 0 aromatic carbocycles. The standard InChI is InChI=1S/C25H41NO7/c1-6-26-11-22(12-30-2)8-7-16(27)24-14-9-13-15(31-3)10-23(28,17(14)18(13)32-4)25(29,21(24)26)20(33-5)19(22)24/h13-21,27-29H,6-12H2,1-5H3/t13?,14?,15-,16?,17?,18?,19?,20-,21?,22?,23?,24?,25?/m0/s1. The van der Waals surface area contributed by atoms with Gasteiger partial charge in [0.05, 0.1) is 37.1 Å². The van der Waals surface area contributed by atoms with Crippen LogP contribution in [-0.4, -0.2) is 110 Å². The van der Waals surface area contributed by atoms with Gasteiger partial charge in [-0.25, -0.2) is 0 Å². The molecule has 1 spiro atoms. The summed E-state index contributed by atoms with van der Waals surface area (Å²) in [6.45, 7) is 4.18. The third-order valence-electron chi connectivity index (χ3n) is 11.5. The fraction of sp³-hybridized carbons (Fsp3) is 1.00. The highest BCUT2D eigenvalue weighted by atomic mass is 16.5. The Labute approximate surface area is 196 Å². The summed E-state index contributed by atoms with van der Waals surface area (Å²) in [5.41, 5.74) is -3.82. The number of aliphatic hydroxyl groups excluding tert-OH is 1. The van der Waals surface area contributed by atoms with Crippen LogP contribution in [0.1, 0.15) is 32.6 Å². The average molecular weight is 468 g/mol. The Morgan fingerprint density at radius 1 is 1.06 bits per heavy atom. The molecule has 3 N–H and O–H groups in total. The molecule has 0 radical (unpaired) electrons. The number of likely N-dealkylation sites (N-methyl/N-ethyl adjacent to an activating group) is 1. The van der Waals surface area contributed by atoms with Crippen LogP contribution in [0.25, 0.3) is 0 Å². The zero-order chi connectivity index (χ0) is 23.6. The van der Waals surface area contributed by atoms with Gasteiger partial charge in [-0.2, -0.15) is 0 Å². The molecule has 1 heterocycles. The predicted octanol–water partition coefficient (Wildman–Crippen LogP) is 0.271. The molecule has 1 saturated heterocycles. The summed E-state index contributed by atoms with van der Waals surface area (Å²) in [6.07, 6.45) is 1.06. The lowest BCUT2D eigenvalue weighted by Gasteiger charge is -2.69. The number of piperidine rings is 1. The van der Waals surface area contributed by atoms with E-state index in [0.717, 1.165) is 25.9 Å². The molecule has 6 rings (SSSR count). The second-order valence-corrected chi connectivity index (χ2v) is 11.9. The zero-order valence-electron chi connectivity index (χ0n) is 20.6. The Kier molecular flexibility index (Phi) is 4.99. The van der Waals surface area contributed by atoms with E-state index < -0.39 is 28.8 Å². The van der Waals surface area contributed by atoms with Gasteiger partial charge < -0.3 is 34.3 Å². The van der Waals surface area contributed by atoms with Crippen molar-refractivity contribution in [1.82, 2.24) is 4.90 Å². The average Bonchev–Trinajstić information content (AvgIpc) is 3.22. The Morgan fingerprint density at radius 3 is 2.42 bits per heavy atom. The minimum absolute atomic E-state index is 0.00825. The summed E-state index contributed by atoms with van der Waals surface area (Å²) in [6, 6.07) is -0.386.